The largest absolute Gasteiger partial charge is 0.484 e. The molecular weight excluding hydrogens is 421 g/mol. The minimum absolute atomic E-state index is 0.243. The summed E-state index contributed by atoms with van der Waals surface area (Å²) in [6.07, 6.45) is -1.41. The maximum atomic E-state index is 13.4. The molecule has 2 N–H and O–H groups in total. The van der Waals surface area contributed by atoms with Crippen LogP contribution in [0, 0.1) is 0 Å². The van der Waals surface area contributed by atoms with Crippen LogP contribution in [-0.2, 0) is 22.1 Å². The Labute approximate surface area is 183 Å². The van der Waals surface area contributed by atoms with Crippen LogP contribution in [0.3, 0.4) is 0 Å². The van der Waals surface area contributed by atoms with Gasteiger partial charge in [0, 0.05) is 18.7 Å². The van der Waals surface area contributed by atoms with Crippen LogP contribution in [0.1, 0.15) is 35.6 Å². The van der Waals surface area contributed by atoms with Gasteiger partial charge in [0.05, 0.1) is 18.9 Å². The minimum Gasteiger partial charge on any atom is -0.484 e. The number of carbonyl (C=O) groups excluding carboxylic acids is 1. The molecule has 0 saturated carbocycles. The quantitative estimate of drug-likeness (QED) is 0.660. The van der Waals surface area contributed by atoms with Gasteiger partial charge in [0.2, 0.25) is 6.04 Å². The van der Waals surface area contributed by atoms with Crippen LogP contribution in [0.5, 0.6) is 0 Å². The fraction of sp³-hybridized carbons (Fsp3) is 0.304. The highest BCUT2D eigenvalue weighted by Crippen LogP contribution is 2.29. The number of nitrogens with zero attached hydrogens (tertiary/aromatic N) is 3. The number of aliphatic imine (C=N–C) groups is 1. The lowest BCUT2D eigenvalue weighted by atomic mass is 10.0. The molecule has 1 heterocycles. The molecule has 1 aliphatic heterocycles. The number of ether oxygens (including phenoxy) is 1. The molecule has 0 fully saturated rings. The van der Waals surface area contributed by atoms with E-state index in [4.69, 9.17) is 10.3 Å². The SMILES string of the molecule is COC1=NC=C(N(CCc2ccc(C(F)(F)F)cc2)C(=O)C(N=[NH2+])c2ccccc2)CC1. The van der Waals surface area contributed by atoms with Gasteiger partial charge < -0.3 is 9.64 Å². The third-order valence-corrected chi connectivity index (χ3v) is 5.20. The number of benzene rings is 2. The van der Waals surface area contributed by atoms with Gasteiger partial charge in [0.25, 0.3) is 5.91 Å². The maximum absolute atomic E-state index is 13.4. The highest BCUT2D eigenvalue weighted by atomic mass is 19.4. The summed E-state index contributed by atoms with van der Waals surface area (Å²) in [4.78, 5) is 19.2. The third kappa shape index (κ3) is 5.60. The van der Waals surface area contributed by atoms with Gasteiger partial charge in [-0.05, 0) is 41.2 Å². The zero-order valence-corrected chi connectivity index (χ0v) is 17.5. The number of amides is 1. The summed E-state index contributed by atoms with van der Waals surface area (Å²) in [5.74, 6) is 0.236. The lowest BCUT2D eigenvalue weighted by Crippen LogP contribution is -2.39. The average Bonchev–Trinajstić information content (AvgIpc) is 2.80. The summed E-state index contributed by atoms with van der Waals surface area (Å²) < 4.78 is 43.6. The van der Waals surface area contributed by atoms with Crippen molar-refractivity contribution in [1.82, 2.24) is 4.90 Å². The van der Waals surface area contributed by atoms with E-state index in [1.54, 1.807) is 35.4 Å². The van der Waals surface area contributed by atoms with Crippen molar-refractivity contribution in [2.24, 2.45) is 10.1 Å². The van der Waals surface area contributed by atoms with Crippen LogP contribution >= 0.6 is 0 Å². The number of hydrogen-bond acceptors (Lipinski definition) is 4. The van der Waals surface area contributed by atoms with E-state index in [0.29, 0.717) is 42.0 Å². The molecule has 0 aromatic heterocycles. The van der Waals surface area contributed by atoms with Gasteiger partial charge in [-0.1, -0.05) is 42.5 Å². The monoisotopic (exact) mass is 445 g/mol. The zero-order valence-electron chi connectivity index (χ0n) is 17.5. The molecule has 1 aliphatic rings. The minimum atomic E-state index is -4.39. The van der Waals surface area contributed by atoms with Gasteiger partial charge >= 0.3 is 6.18 Å². The summed E-state index contributed by atoms with van der Waals surface area (Å²) >= 11 is 0. The van der Waals surface area contributed by atoms with Gasteiger partial charge in [-0.15, -0.1) is 0 Å². The van der Waals surface area contributed by atoms with Crippen molar-refractivity contribution in [3.8, 4) is 0 Å². The second-order valence-corrected chi connectivity index (χ2v) is 7.24. The van der Waals surface area contributed by atoms with Gasteiger partial charge in [0.15, 0.2) is 5.90 Å². The number of allylic oxidation sites excluding steroid dienone is 1. The zero-order chi connectivity index (χ0) is 23.1. The normalized spacial score (nSPS) is 14.8. The van der Waals surface area contributed by atoms with Crippen molar-refractivity contribution >= 4 is 11.8 Å². The number of hydrogen-bond donors (Lipinski definition) is 1. The standard InChI is InChI=1S/C23H23F3N4O2/c1-32-20-12-11-19(15-28-20)30(22(31)21(29-27)17-5-3-2-4-6-17)14-13-16-7-9-18(10-8-16)23(24,25)26/h2-10,15,21,27H,11-14H2,1H3/p+1. The van der Waals surface area contributed by atoms with E-state index in [9.17, 15) is 18.0 Å². The molecule has 1 amide bonds. The van der Waals surface area contributed by atoms with Crippen LogP contribution in [0.15, 0.2) is 76.6 Å². The summed E-state index contributed by atoms with van der Waals surface area (Å²) in [6.45, 7) is 0.243. The Balaban J connectivity index is 1.84. The first-order valence-electron chi connectivity index (χ1n) is 10.1. The van der Waals surface area contributed by atoms with E-state index in [2.05, 4.69) is 10.1 Å². The Kier molecular flexibility index (Phi) is 7.40. The van der Waals surface area contributed by atoms with E-state index in [-0.39, 0.29) is 12.5 Å². The van der Waals surface area contributed by atoms with E-state index >= 15 is 0 Å². The van der Waals surface area contributed by atoms with Crippen LogP contribution in [0.4, 0.5) is 13.2 Å². The second-order valence-electron chi connectivity index (χ2n) is 7.24. The van der Waals surface area contributed by atoms with Crippen LogP contribution in [0.2, 0.25) is 0 Å². The number of nitrogens with two attached hydrogens (primary N) is 1. The molecular formula is C23H24F3N4O2+. The molecule has 0 spiro atoms. The molecule has 0 radical (unpaired) electrons. The number of methoxy groups -OCH3 is 1. The summed E-state index contributed by atoms with van der Waals surface area (Å²) in [5, 5.41) is 3.79. The van der Waals surface area contributed by atoms with E-state index in [1.807, 2.05) is 6.07 Å². The molecule has 0 saturated heterocycles. The first-order chi connectivity index (χ1) is 15.3. The number of carbonyl (C=O) groups is 1. The van der Waals surface area contributed by atoms with Gasteiger partial charge in [-0.2, -0.15) is 18.7 Å². The molecule has 0 aliphatic carbocycles. The second kappa shape index (κ2) is 10.2. The molecule has 3 rings (SSSR count). The van der Waals surface area contributed by atoms with E-state index in [1.165, 1.54) is 19.2 Å². The molecule has 2 aromatic carbocycles. The topological polar surface area (TPSA) is 79.8 Å². The molecule has 6 nitrogen and oxygen atoms in total. The van der Waals surface area contributed by atoms with Crippen LogP contribution in [-0.4, -0.2) is 30.4 Å². The predicted molar refractivity (Wildman–Crippen MR) is 112 cm³/mol. The van der Waals surface area contributed by atoms with Crippen LogP contribution < -0.4 is 5.53 Å². The number of alkyl halides is 3. The predicted octanol–water partition coefficient (Wildman–Crippen LogP) is 3.71. The van der Waals surface area contributed by atoms with Gasteiger partial charge in [-0.25, -0.2) is 4.99 Å². The number of rotatable bonds is 7. The van der Waals surface area contributed by atoms with E-state index < -0.39 is 17.8 Å². The molecule has 2 aromatic rings. The Morgan fingerprint density at radius 1 is 1.16 bits per heavy atom. The fourth-order valence-electron chi connectivity index (χ4n) is 3.44. The highest BCUT2D eigenvalue weighted by Gasteiger charge is 2.31. The molecule has 1 atom stereocenters. The van der Waals surface area contributed by atoms with Crippen molar-refractivity contribution in [1.29, 1.82) is 0 Å². The third-order valence-electron chi connectivity index (χ3n) is 5.20. The Morgan fingerprint density at radius 2 is 1.84 bits per heavy atom. The number of halogens is 3. The van der Waals surface area contributed by atoms with Crippen molar-refractivity contribution < 1.29 is 28.2 Å². The molecule has 1 unspecified atom stereocenters. The molecule has 168 valence electrons. The molecule has 0 bridgehead atoms. The van der Waals surface area contributed by atoms with Crippen molar-refractivity contribution in [3.05, 3.63) is 83.2 Å². The highest BCUT2D eigenvalue weighted by molar-refractivity contribution is 5.85. The lowest BCUT2D eigenvalue weighted by molar-refractivity contribution is -0.229. The Bertz CT molecular complexity index is 1000. The maximum Gasteiger partial charge on any atom is 0.416 e. The fourth-order valence-corrected chi connectivity index (χ4v) is 3.44. The molecule has 32 heavy (non-hydrogen) atoms. The van der Waals surface area contributed by atoms with Crippen molar-refractivity contribution in [3.63, 3.8) is 0 Å². The Hall–Kier alpha value is -3.49. The summed E-state index contributed by atoms with van der Waals surface area (Å²) in [5.41, 5.74) is 6.87. The summed E-state index contributed by atoms with van der Waals surface area (Å²) in [7, 11) is 1.53. The van der Waals surface area contributed by atoms with Crippen LogP contribution in [0.25, 0.3) is 0 Å². The van der Waals surface area contributed by atoms with Gasteiger partial charge in [-0.3, -0.25) is 4.79 Å². The first-order valence-corrected chi connectivity index (χ1v) is 10.1. The smallest absolute Gasteiger partial charge is 0.416 e. The molecule has 9 heteroatoms. The average molecular weight is 445 g/mol. The Morgan fingerprint density at radius 3 is 2.38 bits per heavy atom. The summed E-state index contributed by atoms with van der Waals surface area (Å²) in [6, 6.07) is 13.0. The van der Waals surface area contributed by atoms with E-state index in [0.717, 1.165) is 12.1 Å². The lowest BCUT2D eigenvalue weighted by Gasteiger charge is -2.28. The van der Waals surface area contributed by atoms with Gasteiger partial charge in [0.1, 0.15) is 0 Å². The van der Waals surface area contributed by atoms with Crippen molar-refractivity contribution in [2.45, 2.75) is 31.5 Å². The first kappa shape index (κ1) is 23.2. The van der Waals surface area contributed by atoms with Crippen molar-refractivity contribution in [2.75, 3.05) is 13.7 Å².